The average molecular weight is 393 g/mol. The number of oxazole rings is 1. The van der Waals surface area contributed by atoms with E-state index in [-0.39, 0.29) is 17.5 Å². The van der Waals surface area contributed by atoms with Crippen molar-refractivity contribution in [2.45, 2.75) is 26.3 Å². The molecule has 1 atom stereocenters. The Morgan fingerprint density at radius 2 is 1.93 bits per heavy atom. The van der Waals surface area contributed by atoms with E-state index in [1.165, 1.54) is 13.2 Å². The molecule has 2 amide bonds. The number of carbonyl (C=O) groups excluding carboxylic acids is 2. The summed E-state index contributed by atoms with van der Waals surface area (Å²) in [5.41, 5.74) is 2.70. The van der Waals surface area contributed by atoms with Gasteiger partial charge < -0.3 is 19.8 Å². The second kappa shape index (κ2) is 9.05. The molecule has 2 N–H and O–H groups in total. The van der Waals surface area contributed by atoms with Gasteiger partial charge >= 0.3 is 0 Å². The molecule has 3 rings (SSSR count). The summed E-state index contributed by atoms with van der Waals surface area (Å²) in [5, 5.41) is 5.60. The Morgan fingerprint density at radius 3 is 2.62 bits per heavy atom. The molecule has 0 unspecified atom stereocenters. The SMILES string of the molecule is COc1cc(NC(=O)c2coc([C@@H](Cc3ccccc3)NC(C)=O)n2)ccc1C. The largest absolute Gasteiger partial charge is 0.496 e. The number of carbonyl (C=O) groups is 2. The molecule has 2 aromatic carbocycles. The predicted molar refractivity (Wildman–Crippen MR) is 109 cm³/mol. The number of hydrogen-bond donors (Lipinski definition) is 2. The maximum absolute atomic E-state index is 12.6. The van der Waals surface area contributed by atoms with Crippen molar-refractivity contribution in [2.75, 3.05) is 12.4 Å². The van der Waals surface area contributed by atoms with E-state index in [1.807, 2.05) is 43.3 Å². The van der Waals surface area contributed by atoms with Crippen LogP contribution >= 0.6 is 0 Å². The number of methoxy groups -OCH3 is 1. The lowest BCUT2D eigenvalue weighted by Gasteiger charge is -2.14. The van der Waals surface area contributed by atoms with Gasteiger partial charge in [0.05, 0.1) is 7.11 Å². The summed E-state index contributed by atoms with van der Waals surface area (Å²) in [4.78, 5) is 28.5. The molecule has 0 aliphatic heterocycles. The first-order chi connectivity index (χ1) is 14.0. The Hall–Kier alpha value is -3.61. The lowest BCUT2D eigenvalue weighted by Crippen LogP contribution is -2.28. The van der Waals surface area contributed by atoms with E-state index in [2.05, 4.69) is 15.6 Å². The van der Waals surface area contributed by atoms with Gasteiger partial charge in [-0.1, -0.05) is 36.4 Å². The minimum atomic E-state index is -0.476. The summed E-state index contributed by atoms with van der Waals surface area (Å²) < 4.78 is 10.8. The molecule has 0 saturated heterocycles. The van der Waals surface area contributed by atoms with Crippen LogP contribution in [-0.4, -0.2) is 23.9 Å². The first-order valence-electron chi connectivity index (χ1n) is 9.18. The van der Waals surface area contributed by atoms with Crippen LogP contribution in [0.2, 0.25) is 0 Å². The van der Waals surface area contributed by atoms with Crippen LogP contribution in [0.4, 0.5) is 5.69 Å². The Kier molecular flexibility index (Phi) is 6.29. The maximum Gasteiger partial charge on any atom is 0.277 e. The summed E-state index contributed by atoms with van der Waals surface area (Å²) >= 11 is 0. The number of benzene rings is 2. The van der Waals surface area contributed by atoms with Crippen molar-refractivity contribution in [3.05, 3.63) is 77.5 Å². The number of rotatable bonds is 7. The third-order valence-electron chi connectivity index (χ3n) is 4.38. The zero-order valence-electron chi connectivity index (χ0n) is 16.6. The molecular formula is C22H23N3O4. The van der Waals surface area contributed by atoms with Crippen LogP contribution in [0, 0.1) is 6.92 Å². The summed E-state index contributed by atoms with van der Waals surface area (Å²) in [7, 11) is 1.58. The molecule has 0 bridgehead atoms. The first-order valence-corrected chi connectivity index (χ1v) is 9.18. The molecule has 0 aliphatic carbocycles. The predicted octanol–water partition coefficient (Wildman–Crippen LogP) is 3.66. The molecule has 150 valence electrons. The highest BCUT2D eigenvalue weighted by Gasteiger charge is 2.21. The van der Waals surface area contributed by atoms with Crippen molar-refractivity contribution < 1.29 is 18.7 Å². The van der Waals surface area contributed by atoms with E-state index >= 15 is 0 Å². The number of anilines is 1. The Morgan fingerprint density at radius 1 is 1.17 bits per heavy atom. The fraction of sp³-hybridized carbons (Fsp3) is 0.227. The summed E-state index contributed by atoms with van der Waals surface area (Å²) in [6, 6.07) is 14.6. The zero-order chi connectivity index (χ0) is 20.8. The lowest BCUT2D eigenvalue weighted by atomic mass is 10.1. The molecule has 3 aromatic rings. The van der Waals surface area contributed by atoms with Crippen LogP contribution in [-0.2, 0) is 11.2 Å². The van der Waals surface area contributed by atoms with Crippen molar-refractivity contribution in [1.82, 2.24) is 10.3 Å². The van der Waals surface area contributed by atoms with Crippen LogP contribution in [0.5, 0.6) is 5.75 Å². The molecule has 0 spiro atoms. The standard InChI is InChI=1S/C22H23N3O4/c1-14-9-10-17(12-20(14)28-3)24-21(27)19-13-29-22(25-19)18(23-15(2)26)11-16-7-5-4-6-8-16/h4-10,12-13,18H,11H2,1-3H3,(H,23,26)(H,24,27)/t18-/m1/s1. The highest BCUT2D eigenvalue weighted by molar-refractivity contribution is 6.02. The Labute approximate surface area is 169 Å². The number of ether oxygens (including phenoxy) is 1. The molecule has 0 radical (unpaired) electrons. The number of amides is 2. The van der Waals surface area contributed by atoms with Gasteiger partial charge in [0.1, 0.15) is 18.1 Å². The maximum atomic E-state index is 12.6. The lowest BCUT2D eigenvalue weighted by molar-refractivity contribution is -0.119. The van der Waals surface area contributed by atoms with Crippen molar-refractivity contribution in [1.29, 1.82) is 0 Å². The van der Waals surface area contributed by atoms with Gasteiger partial charge in [-0.05, 0) is 24.1 Å². The third-order valence-corrected chi connectivity index (χ3v) is 4.38. The third kappa shape index (κ3) is 5.22. The normalized spacial score (nSPS) is 11.6. The zero-order valence-corrected chi connectivity index (χ0v) is 16.6. The van der Waals surface area contributed by atoms with Gasteiger partial charge in [-0.3, -0.25) is 9.59 Å². The van der Waals surface area contributed by atoms with Gasteiger partial charge in [0.2, 0.25) is 11.8 Å². The number of aromatic nitrogens is 1. The van der Waals surface area contributed by atoms with Crippen LogP contribution in [0.25, 0.3) is 0 Å². The highest BCUT2D eigenvalue weighted by Crippen LogP contribution is 2.23. The van der Waals surface area contributed by atoms with Crippen molar-refractivity contribution in [3.63, 3.8) is 0 Å². The second-order valence-electron chi connectivity index (χ2n) is 6.65. The fourth-order valence-corrected chi connectivity index (χ4v) is 2.94. The van der Waals surface area contributed by atoms with Gasteiger partial charge in [0.15, 0.2) is 5.69 Å². The second-order valence-corrected chi connectivity index (χ2v) is 6.65. The molecule has 0 fully saturated rings. The van der Waals surface area contributed by atoms with Crippen molar-refractivity contribution in [2.24, 2.45) is 0 Å². The van der Waals surface area contributed by atoms with Gasteiger partial charge in [-0.25, -0.2) is 4.98 Å². The van der Waals surface area contributed by atoms with E-state index < -0.39 is 11.9 Å². The van der Waals surface area contributed by atoms with Gasteiger partial charge in [0, 0.05) is 25.1 Å². The van der Waals surface area contributed by atoms with E-state index in [0.717, 1.165) is 11.1 Å². The Balaban J connectivity index is 1.76. The topological polar surface area (TPSA) is 93.5 Å². The van der Waals surface area contributed by atoms with E-state index in [1.54, 1.807) is 19.2 Å². The van der Waals surface area contributed by atoms with Crippen LogP contribution in [0.15, 0.2) is 59.2 Å². The van der Waals surface area contributed by atoms with Gasteiger partial charge in [-0.2, -0.15) is 0 Å². The van der Waals surface area contributed by atoms with Crippen molar-refractivity contribution >= 4 is 17.5 Å². The van der Waals surface area contributed by atoms with Crippen LogP contribution in [0.1, 0.15) is 40.5 Å². The van der Waals surface area contributed by atoms with Gasteiger partial charge in [0.25, 0.3) is 5.91 Å². The minimum absolute atomic E-state index is 0.128. The summed E-state index contributed by atoms with van der Waals surface area (Å²) in [6.45, 7) is 3.35. The molecule has 1 aromatic heterocycles. The Bertz CT molecular complexity index is 998. The average Bonchev–Trinajstić information content (AvgIpc) is 3.20. The molecule has 0 saturated carbocycles. The molecule has 7 nitrogen and oxygen atoms in total. The monoisotopic (exact) mass is 393 g/mol. The molecule has 29 heavy (non-hydrogen) atoms. The summed E-state index contributed by atoms with van der Waals surface area (Å²) in [6.07, 6.45) is 1.78. The smallest absolute Gasteiger partial charge is 0.277 e. The fourth-order valence-electron chi connectivity index (χ4n) is 2.94. The summed E-state index contributed by atoms with van der Waals surface area (Å²) in [5.74, 6) is 0.335. The molecule has 1 heterocycles. The van der Waals surface area contributed by atoms with Crippen LogP contribution in [0.3, 0.4) is 0 Å². The number of nitrogens with one attached hydrogen (secondary N) is 2. The van der Waals surface area contributed by atoms with Gasteiger partial charge in [-0.15, -0.1) is 0 Å². The molecule has 0 aliphatic rings. The quantitative estimate of drug-likeness (QED) is 0.639. The first kappa shape index (κ1) is 20.1. The highest BCUT2D eigenvalue weighted by atomic mass is 16.5. The number of nitrogens with zero attached hydrogens (tertiary/aromatic N) is 1. The number of hydrogen-bond acceptors (Lipinski definition) is 5. The minimum Gasteiger partial charge on any atom is -0.496 e. The molecular weight excluding hydrogens is 370 g/mol. The van der Waals surface area contributed by atoms with E-state index in [0.29, 0.717) is 17.9 Å². The molecule has 7 heteroatoms. The van der Waals surface area contributed by atoms with Crippen LogP contribution < -0.4 is 15.4 Å². The number of aryl methyl sites for hydroxylation is 1. The van der Waals surface area contributed by atoms with Crippen molar-refractivity contribution in [3.8, 4) is 5.75 Å². The van der Waals surface area contributed by atoms with E-state index in [9.17, 15) is 9.59 Å². The van der Waals surface area contributed by atoms with E-state index in [4.69, 9.17) is 9.15 Å².